The molecular formula is C30H33N3O8. The number of fused-ring (bicyclic) bond motifs is 4. The van der Waals surface area contributed by atoms with Crippen LogP contribution in [0.15, 0.2) is 18.2 Å². The second kappa shape index (κ2) is 9.43. The number of carbonyl (C=O) groups excluding carboxylic acids is 5. The number of benzene rings is 2. The number of rotatable bonds is 5. The van der Waals surface area contributed by atoms with E-state index in [0.717, 1.165) is 25.1 Å². The predicted octanol–water partition coefficient (Wildman–Crippen LogP) is 0.235. The van der Waals surface area contributed by atoms with Gasteiger partial charge in [0.2, 0.25) is 5.91 Å². The molecule has 2 saturated carbocycles. The predicted molar refractivity (Wildman–Crippen MR) is 145 cm³/mol. The molecule has 4 N–H and O–H groups in total. The molecule has 1 saturated heterocycles. The topological polar surface area (TPSA) is 168 Å². The summed E-state index contributed by atoms with van der Waals surface area (Å²) in [7, 11) is 4.59. The Labute approximate surface area is 236 Å². The first-order valence-corrected chi connectivity index (χ1v) is 13.8. The smallest absolute Gasteiger partial charge is 0.235 e. The summed E-state index contributed by atoms with van der Waals surface area (Å²) in [5, 5.41) is 24.2. The molecule has 0 spiro atoms. The van der Waals surface area contributed by atoms with Gasteiger partial charge in [-0.25, -0.2) is 0 Å². The Kier molecular flexibility index (Phi) is 6.33. The van der Waals surface area contributed by atoms with E-state index in [-0.39, 0.29) is 24.2 Å². The van der Waals surface area contributed by atoms with Gasteiger partial charge in [0.25, 0.3) is 0 Å². The number of Topliss-reactive ketones (excluding diaryl/α,β-unsaturated/α-hetero) is 4. The molecule has 2 aromatic rings. The molecule has 11 nitrogen and oxygen atoms in total. The second-order valence-electron chi connectivity index (χ2n) is 12.0. The van der Waals surface area contributed by atoms with E-state index in [1.54, 1.807) is 14.1 Å². The van der Waals surface area contributed by atoms with Crippen LogP contribution in [0.25, 0.3) is 10.8 Å². The van der Waals surface area contributed by atoms with Crippen LogP contribution in [0.4, 0.5) is 0 Å². The van der Waals surface area contributed by atoms with E-state index in [0.29, 0.717) is 28.6 Å². The quantitative estimate of drug-likeness (QED) is 0.429. The molecule has 0 bridgehead atoms. The van der Waals surface area contributed by atoms with E-state index in [4.69, 9.17) is 10.5 Å². The number of likely N-dealkylation sites (N-methyl/N-ethyl adjacent to an activating group) is 1. The first-order valence-electron chi connectivity index (χ1n) is 13.8. The van der Waals surface area contributed by atoms with Crippen molar-refractivity contribution in [1.82, 2.24) is 9.80 Å². The van der Waals surface area contributed by atoms with Crippen molar-refractivity contribution in [2.45, 2.75) is 37.5 Å². The van der Waals surface area contributed by atoms with Crippen LogP contribution in [-0.2, 0) is 32.1 Å². The van der Waals surface area contributed by atoms with E-state index in [9.17, 15) is 34.2 Å². The van der Waals surface area contributed by atoms with Crippen LogP contribution < -0.4 is 10.5 Å². The van der Waals surface area contributed by atoms with Crippen molar-refractivity contribution in [2.75, 3.05) is 34.3 Å². The lowest BCUT2D eigenvalue weighted by Crippen LogP contribution is -2.74. The molecule has 6 unspecified atom stereocenters. The summed E-state index contributed by atoms with van der Waals surface area (Å²) in [5.41, 5.74) is 3.96. The van der Waals surface area contributed by atoms with E-state index < -0.39 is 64.4 Å². The van der Waals surface area contributed by atoms with Crippen LogP contribution in [0.5, 0.6) is 11.5 Å². The minimum atomic E-state index is -2.75. The van der Waals surface area contributed by atoms with Crippen molar-refractivity contribution >= 4 is 39.8 Å². The molecule has 11 heteroatoms. The van der Waals surface area contributed by atoms with Gasteiger partial charge >= 0.3 is 0 Å². The van der Waals surface area contributed by atoms with E-state index in [2.05, 4.69) is 4.90 Å². The van der Waals surface area contributed by atoms with Crippen LogP contribution in [0.2, 0.25) is 0 Å². The molecule has 3 aliphatic carbocycles. The Morgan fingerprint density at radius 2 is 1.85 bits per heavy atom. The number of ketones is 4. The number of primary amides is 1. The summed E-state index contributed by atoms with van der Waals surface area (Å²) in [6.45, 7) is 2.66. The number of aliphatic hydroxyl groups is 1. The lowest BCUT2D eigenvalue weighted by atomic mass is 9.52. The average molecular weight is 564 g/mol. The van der Waals surface area contributed by atoms with Gasteiger partial charge in [0.05, 0.1) is 24.6 Å². The summed E-state index contributed by atoms with van der Waals surface area (Å²) < 4.78 is 5.77. The number of hydrogen-bond acceptors (Lipinski definition) is 10. The van der Waals surface area contributed by atoms with E-state index >= 15 is 0 Å². The average Bonchev–Trinajstić information content (AvgIpc) is 2.88. The normalized spacial score (nSPS) is 31.5. The molecule has 6 atom stereocenters. The van der Waals surface area contributed by atoms with Crippen molar-refractivity contribution < 1.29 is 38.9 Å². The zero-order valence-corrected chi connectivity index (χ0v) is 23.2. The number of aromatic hydroxyl groups is 1. The molecule has 41 heavy (non-hydrogen) atoms. The molecule has 1 aliphatic heterocycles. The first kappa shape index (κ1) is 27.5. The lowest BCUT2D eigenvalue weighted by molar-refractivity contribution is -0.181. The van der Waals surface area contributed by atoms with Gasteiger partial charge in [-0.05, 0) is 64.0 Å². The third-order valence-corrected chi connectivity index (χ3v) is 9.61. The number of carbonyl (C=O) groups is 5. The first-order chi connectivity index (χ1) is 19.4. The van der Waals surface area contributed by atoms with Crippen molar-refractivity contribution in [3.8, 4) is 11.5 Å². The number of likely N-dealkylation sites (tertiary alicyclic amines) is 1. The Balaban J connectivity index is 1.48. The van der Waals surface area contributed by atoms with Crippen LogP contribution in [0, 0.1) is 23.7 Å². The SMILES string of the molecule is COc1c2c(c(O)c3cc(CN4CCC4)ccc13)C(=O)C1C(=O)C3(O)C(=O)C(C(N)=O)C(=O)C(N(C)C)C3CC1C2. The fourth-order valence-electron chi connectivity index (χ4n) is 7.61. The van der Waals surface area contributed by atoms with Crippen molar-refractivity contribution in [1.29, 1.82) is 0 Å². The van der Waals surface area contributed by atoms with Crippen molar-refractivity contribution in [2.24, 2.45) is 29.4 Å². The summed E-state index contributed by atoms with van der Waals surface area (Å²) in [5.74, 6) is -10.3. The van der Waals surface area contributed by atoms with Crippen LogP contribution in [0.3, 0.4) is 0 Å². The molecule has 216 valence electrons. The largest absolute Gasteiger partial charge is 0.507 e. The van der Waals surface area contributed by atoms with Gasteiger partial charge < -0.3 is 20.7 Å². The maximum absolute atomic E-state index is 14.1. The van der Waals surface area contributed by atoms with Gasteiger partial charge in [-0.3, -0.25) is 33.8 Å². The number of nitrogens with zero attached hydrogens (tertiary/aromatic N) is 2. The highest BCUT2D eigenvalue weighted by Gasteiger charge is 2.69. The third kappa shape index (κ3) is 3.72. The second-order valence-corrected chi connectivity index (χ2v) is 12.0. The highest BCUT2D eigenvalue weighted by atomic mass is 16.5. The standard InChI is InChI=1S/C30H33N3O8/c1-32(2)22-18-11-14-10-17-20(24(35)19(14)27(37)30(18,40)28(38)21(25(22)36)29(31)39)23(34)16-9-13(12-33-7-4-8-33)5-6-15(16)26(17)41-3/h5-6,9,14,18-19,21-22,34,40H,4,7-8,10-12H2,1-3H3,(H2,31,39). The Morgan fingerprint density at radius 1 is 1.15 bits per heavy atom. The molecule has 1 heterocycles. The summed E-state index contributed by atoms with van der Waals surface area (Å²) in [6, 6.07) is 4.48. The van der Waals surface area contributed by atoms with Gasteiger partial charge in [-0.1, -0.05) is 12.1 Å². The summed E-state index contributed by atoms with van der Waals surface area (Å²) >= 11 is 0. The maximum Gasteiger partial charge on any atom is 0.235 e. The zero-order chi connectivity index (χ0) is 29.5. The van der Waals surface area contributed by atoms with Crippen molar-refractivity contribution in [3.63, 3.8) is 0 Å². The van der Waals surface area contributed by atoms with Gasteiger partial charge in [-0.15, -0.1) is 0 Å². The van der Waals surface area contributed by atoms with Gasteiger partial charge in [0.1, 0.15) is 11.5 Å². The van der Waals surface area contributed by atoms with Crippen molar-refractivity contribution in [3.05, 3.63) is 34.9 Å². The molecule has 0 radical (unpaired) electrons. The molecule has 3 fully saturated rings. The molecule has 0 aromatic heterocycles. The van der Waals surface area contributed by atoms with Gasteiger partial charge in [0.15, 0.2) is 34.7 Å². The third-order valence-electron chi connectivity index (χ3n) is 9.61. The fraction of sp³-hybridized carbons (Fsp3) is 0.500. The number of phenols is 1. The summed E-state index contributed by atoms with van der Waals surface area (Å²) in [6.07, 6.45) is 1.26. The number of methoxy groups -OCH3 is 1. The van der Waals surface area contributed by atoms with Crippen LogP contribution in [-0.4, -0.2) is 95.0 Å². The van der Waals surface area contributed by atoms with E-state index in [1.165, 1.54) is 12.0 Å². The number of hydrogen-bond donors (Lipinski definition) is 3. The molecule has 2 aromatic carbocycles. The minimum Gasteiger partial charge on any atom is -0.507 e. The Hall–Kier alpha value is -3.67. The van der Waals surface area contributed by atoms with Gasteiger partial charge in [0, 0.05) is 28.8 Å². The maximum atomic E-state index is 14.1. The number of nitrogens with two attached hydrogens (primary N) is 1. The lowest BCUT2D eigenvalue weighted by Gasteiger charge is -2.52. The molecule has 4 aliphatic rings. The zero-order valence-electron chi connectivity index (χ0n) is 23.2. The highest BCUT2D eigenvalue weighted by molar-refractivity contribution is 6.32. The van der Waals surface area contributed by atoms with Crippen LogP contribution >= 0.6 is 0 Å². The van der Waals surface area contributed by atoms with E-state index in [1.807, 2.05) is 18.2 Å². The monoisotopic (exact) mass is 563 g/mol. The molecular weight excluding hydrogens is 530 g/mol. The number of ether oxygens (including phenoxy) is 1. The molecule has 6 rings (SSSR count). The number of phenolic OH excluding ortho intramolecular Hbond substituents is 1. The Bertz CT molecular complexity index is 1550. The Morgan fingerprint density at radius 3 is 2.44 bits per heavy atom. The highest BCUT2D eigenvalue weighted by Crippen LogP contribution is 2.53. The van der Waals surface area contributed by atoms with Crippen LogP contribution in [0.1, 0.15) is 34.3 Å². The minimum absolute atomic E-state index is 0.0133. The van der Waals surface area contributed by atoms with Gasteiger partial charge in [-0.2, -0.15) is 0 Å². The fourth-order valence-corrected chi connectivity index (χ4v) is 7.61. The molecule has 1 amide bonds. The number of amides is 1. The summed E-state index contributed by atoms with van der Waals surface area (Å²) in [4.78, 5) is 70.7.